The first-order chi connectivity index (χ1) is 5.90. The molecule has 78 valence electrons. The average molecular weight is 188 g/mol. The summed E-state index contributed by atoms with van der Waals surface area (Å²) in [5.41, 5.74) is -0.551. The second-order valence-corrected chi connectivity index (χ2v) is 3.80. The van der Waals surface area contributed by atoms with Crippen molar-refractivity contribution in [2.24, 2.45) is 0 Å². The van der Waals surface area contributed by atoms with Gasteiger partial charge in [0.25, 0.3) is 0 Å². The van der Waals surface area contributed by atoms with Crippen LogP contribution in [-0.4, -0.2) is 36.2 Å². The van der Waals surface area contributed by atoms with E-state index in [4.69, 9.17) is 0 Å². The molecule has 0 saturated carbocycles. The van der Waals surface area contributed by atoms with Gasteiger partial charge in [-0.05, 0) is 27.8 Å². The zero-order valence-corrected chi connectivity index (χ0v) is 8.85. The van der Waals surface area contributed by atoms with Crippen molar-refractivity contribution < 1.29 is 9.90 Å². The van der Waals surface area contributed by atoms with Gasteiger partial charge in [0.05, 0.1) is 11.6 Å². The van der Waals surface area contributed by atoms with Gasteiger partial charge in [0.2, 0.25) is 5.91 Å². The SMILES string of the molecule is CNCCC(=O)NC(C)(C)C(C)O. The molecule has 0 fully saturated rings. The van der Waals surface area contributed by atoms with Crippen molar-refractivity contribution >= 4 is 5.91 Å². The minimum Gasteiger partial charge on any atom is -0.391 e. The molecule has 3 N–H and O–H groups in total. The molecule has 13 heavy (non-hydrogen) atoms. The Bertz CT molecular complexity index is 167. The van der Waals surface area contributed by atoms with Crippen LogP contribution in [0.15, 0.2) is 0 Å². The molecule has 1 unspecified atom stereocenters. The summed E-state index contributed by atoms with van der Waals surface area (Å²) in [7, 11) is 1.80. The van der Waals surface area contributed by atoms with E-state index in [0.717, 1.165) is 0 Å². The zero-order valence-electron chi connectivity index (χ0n) is 8.85. The Morgan fingerprint density at radius 1 is 1.54 bits per heavy atom. The number of hydrogen-bond donors (Lipinski definition) is 3. The van der Waals surface area contributed by atoms with Gasteiger partial charge < -0.3 is 15.7 Å². The van der Waals surface area contributed by atoms with Crippen molar-refractivity contribution in [2.75, 3.05) is 13.6 Å². The lowest BCUT2D eigenvalue weighted by Crippen LogP contribution is -2.51. The van der Waals surface area contributed by atoms with Crippen molar-refractivity contribution in [1.29, 1.82) is 0 Å². The van der Waals surface area contributed by atoms with Crippen LogP contribution in [0.5, 0.6) is 0 Å². The van der Waals surface area contributed by atoms with Crippen LogP contribution in [0.1, 0.15) is 27.2 Å². The van der Waals surface area contributed by atoms with E-state index in [1.54, 1.807) is 27.8 Å². The summed E-state index contributed by atoms with van der Waals surface area (Å²) in [5.74, 6) is -0.0414. The lowest BCUT2D eigenvalue weighted by molar-refractivity contribution is -0.123. The van der Waals surface area contributed by atoms with Crippen LogP contribution in [0.4, 0.5) is 0 Å². The summed E-state index contributed by atoms with van der Waals surface area (Å²) in [6, 6.07) is 0. The number of hydrogen-bond acceptors (Lipinski definition) is 3. The highest BCUT2D eigenvalue weighted by atomic mass is 16.3. The maximum atomic E-state index is 11.3. The topological polar surface area (TPSA) is 61.4 Å². The smallest absolute Gasteiger partial charge is 0.221 e. The standard InChI is InChI=1S/C9H20N2O2/c1-7(12)9(2,3)11-8(13)5-6-10-4/h7,10,12H,5-6H2,1-4H3,(H,11,13). The fourth-order valence-corrected chi connectivity index (χ4v) is 0.765. The van der Waals surface area contributed by atoms with E-state index < -0.39 is 11.6 Å². The van der Waals surface area contributed by atoms with Crippen LogP contribution >= 0.6 is 0 Å². The molecule has 0 radical (unpaired) electrons. The van der Waals surface area contributed by atoms with Gasteiger partial charge in [-0.25, -0.2) is 0 Å². The molecule has 1 atom stereocenters. The molecule has 0 bridgehead atoms. The first-order valence-electron chi connectivity index (χ1n) is 4.54. The molecule has 0 aliphatic heterocycles. The lowest BCUT2D eigenvalue weighted by Gasteiger charge is -2.29. The molecule has 0 aliphatic rings. The van der Waals surface area contributed by atoms with Crippen molar-refractivity contribution in [3.8, 4) is 0 Å². The van der Waals surface area contributed by atoms with E-state index >= 15 is 0 Å². The minimum atomic E-state index is -0.551. The van der Waals surface area contributed by atoms with Gasteiger partial charge >= 0.3 is 0 Å². The third kappa shape index (κ3) is 4.85. The largest absolute Gasteiger partial charge is 0.391 e. The predicted octanol–water partition coefficient (Wildman–Crippen LogP) is -0.128. The van der Waals surface area contributed by atoms with Crippen molar-refractivity contribution in [3.63, 3.8) is 0 Å². The summed E-state index contributed by atoms with van der Waals surface area (Å²) in [4.78, 5) is 11.3. The number of aliphatic hydroxyl groups is 1. The Hall–Kier alpha value is -0.610. The number of nitrogens with one attached hydrogen (secondary N) is 2. The predicted molar refractivity (Wildman–Crippen MR) is 52.4 cm³/mol. The molecule has 0 aromatic rings. The molecule has 4 heteroatoms. The van der Waals surface area contributed by atoms with E-state index in [2.05, 4.69) is 10.6 Å². The van der Waals surface area contributed by atoms with Gasteiger partial charge in [-0.15, -0.1) is 0 Å². The number of carbonyl (C=O) groups is 1. The summed E-state index contributed by atoms with van der Waals surface area (Å²) in [6.45, 7) is 5.92. The Balaban J connectivity index is 3.90. The van der Waals surface area contributed by atoms with E-state index in [9.17, 15) is 9.90 Å². The second kappa shape index (κ2) is 5.19. The van der Waals surface area contributed by atoms with E-state index in [0.29, 0.717) is 13.0 Å². The molecule has 0 saturated heterocycles. The Labute approximate surface area is 79.7 Å². The van der Waals surface area contributed by atoms with E-state index in [1.165, 1.54) is 0 Å². The molecule has 0 heterocycles. The summed E-state index contributed by atoms with van der Waals surface area (Å²) >= 11 is 0. The van der Waals surface area contributed by atoms with Gasteiger partial charge in [-0.3, -0.25) is 4.79 Å². The Morgan fingerprint density at radius 3 is 2.46 bits per heavy atom. The Kier molecular flexibility index (Phi) is 4.95. The maximum absolute atomic E-state index is 11.3. The fraction of sp³-hybridized carbons (Fsp3) is 0.889. The van der Waals surface area contributed by atoms with Gasteiger partial charge in [-0.2, -0.15) is 0 Å². The first-order valence-corrected chi connectivity index (χ1v) is 4.54. The minimum absolute atomic E-state index is 0.0414. The highest BCUT2D eigenvalue weighted by Gasteiger charge is 2.25. The normalized spacial score (nSPS) is 13.9. The van der Waals surface area contributed by atoms with E-state index in [1.807, 2.05) is 0 Å². The highest BCUT2D eigenvalue weighted by molar-refractivity contribution is 5.76. The summed E-state index contributed by atoms with van der Waals surface area (Å²) in [5, 5.41) is 15.0. The van der Waals surface area contributed by atoms with Crippen LogP contribution in [0.25, 0.3) is 0 Å². The number of carbonyl (C=O) groups excluding carboxylic acids is 1. The van der Waals surface area contributed by atoms with Gasteiger partial charge in [-0.1, -0.05) is 0 Å². The molecular weight excluding hydrogens is 168 g/mol. The van der Waals surface area contributed by atoms with Gasteiger partial charge in [0.1, 0.15) is 0 Å². The average Bonchev–Trinajstić information content (AvgIpc) is 1.99. The van der Waals surface area contributed by atoms with Crippen molar-refractivity contribution in [3.05, 3.63) is 0 Å². The van der Waals surface area contributed by atoms with Gasteiger partial charge in [0, 0.05) is 13.0 Å². The molecule has 0 rings (SSSR count). The molecule has 0 aliphatic carbocycles. The molecule has 0 aromatic heterocycles. The lowest BCUT2D eigenvalue weighted by atomic mass is 9.98. The first kappa shape index (κ1) is 12.4. The monoisotopic (exact) mass is 188 g/mol. The molecule has 0 aromatic carbocycles. The third-order valence-corrected chi connectivity index (χ3v) is 2.11. The highest BCUT2D eigenvalue weighted by Crippen LogP contribution is 2.07. The second-order valence-electron chi connectivity index (χ2n) is 3.80. The van der Waals surface area contributed by atoms with Crippen LogP contribution in [0, 0.1) is 0 Å². The zero-order chi connectivity index (χ0) is 10.5. The number of rotatable bonds is 5. The summed E-state index contributed by atoms with van der Waals surface area (Å²) < 4.78 is 0. The van der Waals surface area contributed by atoms with E-state index in [-0.39, 0.29) is 5.91 Å². The molecule has 0 spiro atoms. The fourth-order valence-electron chi connectivity index (χ4n) is 0.765. The van der Waals surface area contributed by atoms with Crippen LogP contribution in [0.2, 0.25) is 0 Å². The van der Waals surface area contributed by atoms with Crippen LogP contribution < -0.4 is 10.6 Å². The van der Waals surface area contributed by atoms with Crippen LogP contribution in [-0.2, 0) is 4.79 Å². The van der Waals surface area contributed by atoms with Crippen molar-refractivity contribution in [2.45, 2.75) is 38.8 Å². The number of amides is 1. The number of aliphatic hydroxyl groups excluding tert-OH is 1. The van der Waals surface area contributed by atoms with Gasteiger partial charge in [0.15, 0.2) is 0 Å². The molecular formula is C9H20N2O2. The third-order valence-electron chi connectivity index (χ3n) is 2.11. The van der Waals surface area contributed by atoms with Crippen LogP contribution in [0.3, 0.4) is 0 Å². The van der Waals surface area contributed by atoms with Crippen molar-refractivity contribution in [1.82, 2.24) is 10.6 Å². The maximum Gasteiger partial charge on any atom is 0.221 e. The Morgan fingerprint density at radius 2 is 2.08 bits per heavy atom. The molecule has 4 nitrogen and oxygen atoms in total. The molecule has 1 amide bonds. The summed E-state index contributed by atoms with van der Waals surface area (Å²) in [6.07, 6.45) is -0.113. The quantitative estimate of drug-likeness (QED) is 0.563.